The molecular formula is C14H23NO3. The van der Waals surface area contributed by atoms with Crippen LogP contribution in [0.15, 0.2) is 24.3 Å². The zero-order chi connectivity index (χ0) is 13.4. The lowest BCUT2D eigenvalue weighted by atomic mass is 10.2. The second kappa shape index (κ2) is 7.95. The van der Waals surface area contributed by atoms with Crippen LogP contribution in [-0.4, -0.2) is 38.0 Å². The Hall–Kier alpha value is -1.26. The summed E-state index contributed by atoms with van der Waals surface area (Å²) in [6, 6.07) is 7.32. The van der Waals surface area contributed by atoms with Gasteiger partial charge in [-0.2, -0.15) is 0 Å². The van der Waals surface area contributed by atoms with Crippen molar-refractivity contribution in [1.29, 1.82) is 0 Å². The molecule has 4 heteroatoms. The first-order valence-electron chi connectivity index (χ1n) is 6.27. The van der Waals surface area contributed by atoms with E-state index in [0.717, 1.165) is 18.0 Å². The lowest BCUT2D eigenvalue weighted by Gasteiger charge is -2.14. The Morgan fingerprint density at radius 3 is 2.28 bits per heavy atom. The molecule has 18 heavy (non-hydrogen) atoms. The van der Waals surface area contributed by atoms with Crippen molar-refractivity contribution in [2.75, 3.05) is 26.8 Å². The predicted molar refractivity (Wildman–Crippen MR) is 72.2 cm³/mol. The summed E-state index contributed by atoms with van der Waals surface area (Å²) in [6.07, 6.45) is -0.495. The van der Waals surface area contributed by atoms with Gasteiger partial charge in [-0.3, -0.25) is 0 Å². The van der Waals surface area contributed by atoms with Crippen molar-refractivity contribution >= 4 is 0 Å². The Morgan fingerprint density at radius 1 is 1.11 bits per heavy atom. The van der Waals surface area contributed by atoms with Crippen LogP contribution >= 0.6 is 0 Å². The normalized spacial score (nSPS) is 12.5. The summed E-state index contributed by atoms with van der Waals surface area (Å²) >= 11 is 0. The second-order valence-electron chi connectivity index (χ2n) is 4.69. The Kier molecular flexibility index (Phi) is 6.54. The van der Waals surface area contributed by atoms with Gasteiger partial charge in [0.1, 0.15) is 24.2 Å². The van der Waals surface area contributed by atoms with Gasteiger partial charge in [0.15, 0.2) is 0 Å². The molecule has 0 amide bonds. The number of rotatable bonds is 8. The summed E-state index contributed by atoms with van der Waals surface area (Å²) < 4.78 is 10.5. The molecule has 1 atom stereocenters. The molecular weight excluding hydrogens is 230 g/mol. The SMILES string of the molecule is COc1ccc(OCC(O)CNCC(C)C)cc1. The molecule has 0 aliphatic heterocycles. The van der Waals surface area contributed by atoms with Gasteiger partial charge in [-0.1, -0.05) is 13.8 Å². The van der Waals surface area contributed by atoms with Crippen LogP contribution in [0.5, 0.6) is 11.5 Å². The highest BCUT2D eigenvalue weighted by Crippen LogP contribution is 2.16. The van der Waals surface area contributed by atoms with Crippen LogP contribution in [0.3, 0.4) is 0 Å². The summed E-state index contributed by atoms with van der Waals surface area (Å²) in [5.74, 6) is 2.11. The monoisotopic (exact) mass is 253 g/mol. The lowest BCUT2D eigenvalue weighted by Crippen LogP contribution is -2.33. The van der Waals surface area contributed by atoms with Gasteiger partial charge >= 0.3 is 0 Å². The first kappa shape index (κ1) is 14.8. The van der Waals surface area contributed by atoms with E-state index in [0.29, 0.717) is 12.5 Å². The van der Waals surface area contributed by atoms with E-state index in [9.17, 15) is 5.11 Å². The van der Waals surface area contributed by atoms with E-state index in [1.54, 1.807) is 7.11 Å². The average molecular weight is 253 g/mol. The van der Waals surface area contributed by atoms with Gasteiger partial charge in [-0.25, -0.2) is 0 Å². The molecule has 0 fully saturated rings. The number of ether oxygens (including phenoxy) is 2. The number of aliphatic hydroxyl groups is 1. The Bertz CT molecular complexity index is 324. The zero-order valence-corrected chi connectivity index (χ0v) is 11.3. The Labute approximate surface area is 109 Å². The fourth-order valence-electron chi connectivity index (χ4n) is 1.46. The van der Waals surface area contributed by atoms with E-state index < -0.39 is 6.10 Å². The molecule has 1 aromatic rings. The fourth-order valence-corrected chi connectivity index (χ4v) is 1.46. The topological polar surface area (TPSA) is 50.7 Å². The molecule has 0 saturated heterocycles. The number of hydrogen-bond donors (Lipinski definition) is 2. The molecule has 0 spiro atoms. The van der Waals surface area contributed by atoms with E-state index in [1.165, 1.54) is 0 Å². The summed E-state index contributed by atoms with van der Waals surface area (Å²) in [5.41, 5.74) is 0. The number of nitrogens with one attached hydrogen (secondary N) is 1. The largest absolute Gasteiger partial charge is 0.497 e. The van der Waals surface area contributed by atoms with Crippen LogP contribution in [0.25, 0.3) is 0 Å². The Morgan fingerprint density at radius 2 is 1.72 bits per heavy atom. The van der Waals surface area contributed by atoms with Crippen LogP contribution < -0.4 is 14.8 Å². The summed E-state index contributed by atoms with van der Waals surface area (Å²) in [7, 11) is 1.63. The van der Waals surface area contributed by atoms with Crippen LogP contribution in [0.4, 0.5) is 0 Å². The highest BCUT2D eigenvalue weighted by atomic mass is 16.5. The van der Waals surface area contributed by atoms with Crippen LogP contribution in [0, 0.1) is 5.92 Å². The molecule has 1 aromatic carbocycles. The second-order valence-corrected chi connectivity index (χ2v) is 4.69. The molecule has 1 unspecified atom stereocenters. The van der Waals surface area contributed by atoms with Crippen LogP contribution in [-0.2, 0) is 0 Å². The minimum Gasteiger partial charge on any atom is -0.497 e. The van der Waals surface area contributed by atoms with Crippen molar-refractivity contribution in [2.24, 2.45) is 5.92 Å². The fraction of sp³-hybridized carbons (Fsp3) is 0.571. The van der Waals surface area contributed by atoms with Gasteiger partial charge in [-0.05, 0) is 36.7 Å². The van der Waals surface area contributed by atoms with E-state index in [4.69, 9.17) is 9.47 Å². The third-order valence-corrected chi connectivity index (χ3v) is 2.43. The molecule has 102 valence electrons. The number of aliphatic hydroxyl groups excluding tert-OH is 1. The van der Waals surface area contributed by atoms with Gasteiger partial charge in [-0.15, -0.1) is 0 Å². The molecule has 0 heterocycles. The van der Waals surface area contributed by atoms with Gasteiger partial charge in [0.25, 0.3) is 0 Å². The van der Waals surface area contributed by atoms with E-state index in [2.05, 4.69) is 19.2 Å². The van der Waals surface area contributed by atoms with Gasteiger partial charge in [0, 0.05) is 6.54 Å². The van der Waals surface area contributed by atoms with Crippen molar-refractivity contribution in [3.8, 4) is 11.5 Å². The first-order chi connectivity index (χ1) is 8.61. The molecule has 0 radical (unpaired) electrons. The molecule has 2 N–H and O–H groups in total. The molecule has 1 rings (SSSR count). The van der Waals surface area contributed by atoms with Crippen LogP contribution in [0.2, 0.25) is 0 Å². The summed E-state index contributed by atoms with van der Waals surface area (Å²) in [6.45, 7) is 6.01. The average Bonchev–Trinajstić information content (AvgIpc) is 2.36. The standard InChI is InChI=1S/C14H23NO3/c1-11(2)8-15-9-12(16)10-18-14-6-4-13(17-3)5-7-14/h4-7,11-12,15-16H,8-10H2,1-3H3. The van der Waals surface area contributed by atoms with Crippen molar-refractivity contribution in [2.45, 2.75) is 20.0 Å². The van der Waals surface area contributed by atoms with Gasteiger partial charge < -0.3 is 19.9 Å². The number of benzene rings is 1. The third-order valence-electron chi connectivity index (χ3n) is 2.43. The predicted octanol–water partition coefficient (Wildman–Crippen LogP) is 1.68. The molecule has 0 aliphatic carbocycles. The van der Waals surface area contributed by atoms with Crippen molar-refractivity contribution in [3.05, 3.63) is 24.3 Å². The van der Waals surface area contributed by atoms with E-state index >= 15 is 0 Å². The van der Waals surface area contributed by atoms with Crippen LogP contribution in [0.1, 0.15) is 13.8 Å². The van der Waals surface area contributed by atoms with Gasteiger partial charge in [0.2, 0.25) is 0 Å². The summed E-state index contributed by atoms with van der Waals surface area (Å²) in [5, 5.41) is 12.9. The molecule has 0 bridgehead atoms. The minimum absolute atomic E-state index is 0.289. The Balaban J connectivity index is 2.22. The van der Waals surface area contributed by atoms with Crippen molar-refractivity contribution in [1.82, 2.24) is 5.32 Å². The quantitative estimate of drug-likeness (QED) is 0.740. The third kappa shape index (κ3) is 5.89. The highest BCUT2D eigenvalue weighted by Gasteiger charge is 2.05. The first-order valence-corrected chi connectivity index (χ1v) is 6.27. The molecule has 0 aromatic heterocycles. The lowest BCUT2D eigenvalue weighted by molar-refractivity contribution is 0.106. The summed E-state index contributed by atoms with van der Waals surface area (Å²) in [4.78, 5) is 0. The van der Waals surface area contributed by atoms with Gasteiger partial charge in [0.05, 0.1) is 7.11 Å². The van der Waals surface area contributed by atoms with Crippen molar-refractivity contribution in [3.63, 3.8) is 0 Å². The minimum atomic E-state index is -0.495. The maximum atomic E-state index is 9.71. The highest BCUT2D eigenvalue weighted by molar-refractivity contribution is 5.31. The van der Waals surface area contributed by atoms with Crippen molar-refractivity contribution < 1.29 is 14.6 Å². The number of methoxy groups -OCH3 is 1. The van der Waals surface area contributed by atoms with E-state index in [-0.39, 0.29) is 6.61 Å². The zero-order valence-electron chi connectivity index (χ0n) is 11.3. The molecule has 0 aliphatic rings. The molecule has 4 nitrogen and oxygen atoms in total. The number of hydrogen-bond acceptors (Lipinski definition) is 4. The maximum absolute atomic E-state index is 9.71. The molecule has 0 saturated carbocycles. The smallest absolute Gasteiger partial charge is 0.119 e. The van der Waals surface area contributed by atoms with E-state index in [1.807, 2.05) is 24.3 Å². The maximum Gasteiger partial charge on any atom is 0.119 e.